The number of anilines is 1. The first-order chi connectivity index (χ1) is 14.2. The second-order valence-corrected chi connectivity index (χ2v) is 7.19. The molecule has 0 spiro atoms. The predicted octanol–water partition coefficient (Wildman–Crippen LogP) is 3.84. The Kier molecular flexibility index (Phi) is 6.08. The number of benzene rings is 3. The van der Waals surface area contributed by atoms with Crippen LogP contribution in [0.2, 0.25) is 0 Å². The number of aliphatic hydroxyl groups is 1. The highest BCUT2D eigenvalue weighted by Gasteiger charge is 2.20. The van der Waals surface area contributed by atoms with Crippen LogP contribution >= 0.6 is 0 Å². The molecule has 29 heavy (non-hydrogen) atoms. The van der Waals surface area contributed by atoms with Crippen molar-refractivity contribution in [2.24, 2.45) is 0 Å². The maximum Gasteiger partial charge on any atom is 0.309 e. The summed E-state index contributed by atoms with van der Waals surface area (Å²) in [5.41, 5.74) is 2.80. The van der Waals surface area contributed by atoms with Crippen LogP contribution in [0.4, 0.5) is 5.69 Å². The zero-order chi connectivity index (χ0) is 20.1. The van der Waals surface area contributed by atoms with E-state index < -0.39 is 12.1 Å². The van der Waals surface area contributed by atoms with Gasteiger partial charge >= 0.3 is 5.97 Å². The highest BCUT2D eigenvalue weighted by molar-refractivity contribution is 5.97. The van der Waals surface area contributed by atoms with Crippen molar-refractivity contribution in [3.8, 4) is 0 Å². The number of rotatable bonds is 6. The molecule has 0 bridgehead atoms. The Morgan fingerprint density at radius 1 is 0.966 bits per heavy atom. The molecular formula is C24H25NO4. The molecule has 150 valence electrons. The number of fused-ring (bicyclic) bond motifs is 1. The molecule has 0 saturated carbocycles. The van der Waals surface area contributed by atoms with Gasteiger partial charge in [-0.25, -0.2) is 0 Å². The van der Waals surface area contributed by atoms with Gasteiger partial charge in [-0.3, -0.25) is 4.79 Å². The van der Waals surface area contributed by atoms with E-state index >= 15 is 0 Å². The van der Waals surface area contributed by atoms with Crippen molar-refractivity contribution < 1.29 is 19.4 Å². The van der Waals surface area contributed by atoms with Gasteiger partial charge in [-0.2, -0.15) is 0 Å². The predicted molar refractivity (Wildman–Crippen MR) is 113 cm³/mol. The molecule has 3 aromatic carbocycles. The molecule has 0 aliphatic carbocycles. The Balaban J connectivity index is 1.50. The number of morpholine rings is 1. The lowest BCUT2D eigenvalue weighted by Gasteiger charge is -2.30. The minimum Gasteiger partial charge on any atom is -0.461 e. The second-order valence-electron chi connectivity index (χ2n) is 7.19. The molecule has 1 fully saturated rings. The number of carbonyl (C=O) groups is 1. The molecule has 0 amide bonds. The van der Waals surface area contributed by atoms with Crippen LogP contribution in [-0.2, 0) is 20.9 Å². The average molecular weight is 391 g/mol. The summed E-state index contributed by atoms with van der Waals surface area (Å²) < 4.78 is 10.8. The quantitative estimate of drug-likeness (QED) is 0.647. The van der Waals surface area contributed by atoms with E-state index in [-0.39, 0.29) is 13.0 Å². The van der Waals surface area contributed by atoms with E-state index in [1.165, 1.54) is 0 Å². The van der Waals surface area contributed by atoms with E-state index in [2.05, 4.69) is 11.0 Å². The number of esters is 1. The monoisotopic (exact) mass is 391 g/mol. The van der Waals surface area contributed by atoms with Gasteiger partial charge in [0, 0.05) is 24.2 Å². The SMILES string of the molecule is O=C(C[C@@H](O)c1ccc(N2CCOCC2)c2ccccc12)OCc1ccccc1. The van der Waals surface area contributed by atoms with Crippen LogP contribution in [0.3, 0.4) is 0 Å². The summed E-state index contributed by atoms with van der Waals surface area (Å²) >= 11 is 0. The van der Waals surface area contributed by atoms with E-state index in [1.807, 2.05) is 60.7 Å². The van der Waals surface area contributed by atoms with Crippen LogP contribution in [0.15, 0.2) is 66.7 Å². The average Bonchev–Trinajstić information content (AvgIpc) is 2.78. The van der Waals surface area contributed by atoms with E-state index in [0.29, 0.717) is 13.2 Å². The summed E-state index contributed by atoms with van der Waals surface area (Å²) in [5.74, 6) is -0.414. The van der Waals surface area contributed by atoms with Gasteiger partial charge < -0.3 is 19.5 Å². The Morgan fingerprint density at radius 3 is 2.41 bits per heavy atom. The summed E-state index contributed by atoms with van der Waals surface area (Å²) in [7, 11) is 0. The molecule has 0 aromatic heterocycles. The molecule has 1 atom stereocenters. The topological polar surface area (TPSA) is 59.0 Å². The molecular weight excluding hydrogens is 366 g/mol. The van der Waals surface area contributed by atoms with Crippen molar-refractivity contribution in [3.63, 3.8) is 0 Å². The molecule has 0 unspecified atom stereocenters. The van der Waals surface area contributed by atoms with Crippen LogP contribution in [0.1, 0.15) is 23.7 Å². The number of aliphatic hydroxyl groups excluding tert-OH is 1. The van der Waals surface area contributed by atoms with Crippen LogP contribution in [0.5, 0.6) is 0 Å². The van der Waals surface area contributed by atoms with Crippen molar-refractivity contribution in [3.05, 3.63) is 77.9 Å². The Labute approximate surface area is 170 Å². The number of carbonyl (C=O) groups excluding carboxylic acids is 1. The smallest absolute Gasteiger partial charge is 0.309 e. The third kappa shape index (κ3) is 4.58. The van der Waals surface area contributed by atoms with Crippen LogP contribution in [-0.4, -0.2) is 37.4 Å². The zero-order valence-corrected chi connectivity index (χ0v) is 16.3. The largest absolute Gasteiger partial charge is 0.461 e. The molecule has 0 radical (unpaired) electrons. The summed E-state index contributed by atoms with van der Waals surface area (Å²) in [6.45, 7) is 3.33. The van der Waals surface area contributed by atoms with Crippen LogP contribution in [0.25, 0.3) is 10.8 Å². The second kappa shape index (κ2) is 9.07. The molecule has 5 heteroatoms. The summed E-state index contributed by atoms with van der Waals surface area (Å²) in [5, 5.41) is 12.8. The van der Waals surface area contributed by atoms with E-state index in [9.17, 15) is 9.90 Å². The van der Waals surface area contributed by atoms with Gasteiger partial charge in [-0.1, -0.05) is 60.7 Å². The first kappa shape index (κ1) is 19.4. The third-order valence-corrected chi connectivity index (χ3v) is 5.25. The van der Waals surface area contributed by atoms with Gasteiger partial charge in [0.25, 0.3) is 0 Å². The molecule has 5 nitrogen and oxygen atoms in total. The standard InChI is InChI=1S/C24H25NO4/c26-23(16-24(27)29-17-18-6-2-1-3-7-18)21-10-11-22(25-12-14-28-15-13-25)20-9-5-4-8-19(20)21/h1-11,23,26H,12-17H2/t23-/m1/s1. The van der Waals surface area contributed by atoms with Crippen molar-refractivity contribution in [2.45, 2.75) is 19.1 Å². The Hall–Kier alpha value is -2.89. The van der Waals surface area contributed by atoms with Crippen molar-refractivity contribution in [1.29, 1.82) is 0 Å². The first-order valence-electron chi connectivity index (χ1n) is 9.94. The van der Waals surface area contributed by atoms with Crippen LogP contribution in [0, 0.1) is 0 Å². The molecule has 1 aliphatic heterocycles. The lowest BCUT2D eigenvalue weighted by molar-refractivity contribution is -0.147. The van der Waals surface area contributed by atoms with E-state index in [0.717, 1.165) is 40.7 Å². The maximum atomic E-state index is 12.2. The van der Waals surface area contributed by atoms with E-state index in [4.69, 9.17) is 9.47 Å². The maximum absolute atomic E-state index is 12.2. The summed E-state index contributed by atoms with van der Waals surface area (Å²) in [6.07, 6.45) is -0.991. The normalized spacial score (nSPS) is 15.3. The van der Waals surface area contributed by atoms with Gasteiger partial charge in [0.1, 0.15) is 6.61 Å². The Bertz CT molecular complexity index is 967. The number of hydrogen-bond acceptors (Lipinski definition) is 5. The number of nitrogens with zero attached hydrogens (tertiary/aromatic N) is 1. The van der Waals surface area contributed by atoms with Crippen molar-refractivity contribution in [2.75, 3.05) is 31.2 Å². The fourth-order valence-electron chi connectivity index (χ4n) is 3.74. The van der Waals surface area contributed by atoms with Gasteiger partial charge in [-0.05, 0) is 22.6 Å². The number of ether oxygens (including phenoxy) is 2. The highest BCUT2D eigenvalue weighted by Crippen LogP contribution is 2.34. The Morgan fingerprint density at radius 2 is 1.66 bits per heavy atom. The summed E-state index contributed by atoms with van der Waals surface area (Å²) in [4.78, 5) is 14.5. The molecule has 4 rings (SSSR count). The fraction of sp³-hybridized carbons (Fsp3) is 0.292. The molecule has 1 N–H and O–H groups in total. The summed E-state index contributed by atoms with van der Waals surface area (Å²) in [6, 6.07) is 21.5. The first-order valence-corrected chi connectivity index (χ1v) is 9.94. The third-order valence-electron chi connectivity index (χ3n) is 5.25. The zero-order valence-electron chi connectivity index (χ0n) is 16.3. The lowest BCUT2D eigenvalue weighted by Crippen LogP contribution is -2.36. The van der Waals surface area contributed by atoms with Gasteiger partial charge in [-0.15, -0.1) is 0 Å². The van der Waals surface area contributed by atoms with Gasteiger partial charge in [0.15, 0.2) is 0 Å². The van der Waals surface area contributed by atoms with Crippen LogP contribution < -0.4 is 4.90 Å². The van der Waals surface area contributed by atoms with Crippen molar-refractivity contribution in [1.82, 2.24) is 0 Å². The highest BCUT2D eigenvalue weighted by atomic mass is 16.5. The van der Waals surface area contributed by atoms with Gasteiger partial charge in [0.2, 0.25) is 0 Å². The molecule has 1 aliphatic rings. The molecule has 3 aromatic rings. The molecule has 1 heterocycles. The van der Waals surface area contributed by atoms with E-state index in [1.54, 1.807) is 0 Å². The van der Waals surface area contributed by atoms with Gasteiger partial charge in [0.05, 0.1) is 25.7 Å². The minimum absolute atomic E-state index is 0.0757. The fourth-order valence-corrected chi connectivity index (χ4v) is 3.74. The number of hydrogen-bond donors (Lipinski definition) is 1. The molecule has 1 saturated heterocycles. The lowest BCUT2D eigenvalue weighted by atomic mass is 9.97. The minimum atomic E-state index is -0.915. The van der Waals surface area contributed by atoms with Crippen molar-refractivity contribution >= 4 is 22.4 Å².